The number of nitro groups is 1. The van der Waals surface area contributed by atoms with Crippen LogP contribution >= 0.6 is 0 Å². The average molecular weight is 357 g/mol. The molecular weight excluding hydrogens is 342 g/mol. The van der Waals surface area contributed by atoms with Crippen molar-refractivity contribution in [2.45, 2.75) is 6.92 Å². The van der Waals surface area contributed by atoms with E-state index in [2.05, 4.69) is 5.32 Å². The zero-order valence-electron chi connectivity index (χ0n) is 13.7. The Morgan fingerprint density at radius 1 is 1.12 bits per heavy atom. The minimum atomic E-state index is -0.878. The van der Waals surface area contributed by atoms with Gasteiger partial charge in [-0.1, -0.05) is 0 Å². The number of hydrogen-bond donors (Lipinski definition) is 2. The third kappa shape index (κ3) is 4.63. The monoisotopic (exact) mass is 357 g/mol. The van der Waals surface area contributed by atoms with E-state index in [0.717, 1.165) is 6.07 Å². The number of rotatable bonds is 6. The van der Waals surface area contributed by atoms with Crippen LogP contribution in [0.3, 0.4) is 0 Å². The molecule has 1 amide bonds. The SMILES string of the molecule is CC(=O)Nc1ccc(C(=O)COC(=O)c2ccc(N)c([N+](=O)[O-])c2)cc1. The first kappa shape index (κ1) is 18.6. The summed E-state index contributed by atoms with van der Waals surface area (Å²) in [5.74, 6) is -1.58. The Bertz CT molecular complexity index is 877. The lowest BCUT2D eigenvalue weighted by Crippen LogP contribution is -2.15. The molecule has 0 saturated heterocycles. The van der Waals surface area contributed by atoms with Crippen molar-refractivity contribution in [3.8, 4) is 0 Å². The summed E-state index contributed by atoms with van der Waals surface area (Å²) in [6.45, 7) is 0.830. The predicted molar refractivity (Wildman–Crippen MR) is 92.9 cm³/mol. The highest BCUT2D eigenvalue weighted by Crippen LogP contribution is 2.22. The highest BCUT2D eigenvalue weighted by atomic mass is 16.6. The van der Waals surface area contributed by atoms with Crippen LogP contribution in [0.1, 0.15) is 27.6 Å². The second-order valence-corrected chi connectivity index (χ2v) is 5.29. The van der Waals surface area contributed by atoms with Crippen molar-refractivity contribution in [2.75, 3.05) is 17.7 Å². The molecule has 0 saturated carbocycles. The first-order valence-corrected chi connectivity index (χ1v) is 7.40. The van der Waals surface area contributed by atoms with Gasteiger partial charge in [0, 0.05) is 24.2 Å². The molecule has 0 atom stereocenters. The van der Waals surface area contributed by atoms with Gasteiger partial charge in [0.15, 0.2) is 12.4 Å². The Labute approximate surface area is 147 Å². The molecule has 3 N–H and O–H groups in total. The van der Waals surface area contributed by atoms with E-state index in [1.54, 1.807) is 12.1 Å². The number of nitrogen functional groups attached to an aromatic ring is 1. The molecular formula is C17H15N3O6. The van der Waals surface area contributed by atoms with Gasteiger partial charge in [0.25, 0.3) is 5.69 Å². The van der Waals surface area contributed by atoms with E-state index in [1.807, 2.05) is 0 Å². The fraction of sp³-hybridized carbons (Fsp3) is 0.118. The second-order valence-electron chi connectivity index (χ2n) is 5.29. The molecule has 0 heterocycles. The van der Waals surface area contributed by atoms with E-state index in [0.29, 0.717) is 5.69 Å². The summed E-state index contributed by atoms with van der Waals surface area (Å²) in [5.41, 5.74) is 5.69. The van der Waals surface area contributed by atoms with Gasteiger partial charge in [-0.15, -0.1) is 0 Å². The normalized spacial score (nSPS) is 10.0. The van der Waals surface area contributed by atoms with E-state index in [4.69, 9.17) is 10.5 Å². The zero-order chi connectivity index (χ0) is 19.3. The molecule has 0 aliphatic heterocycles. The van der Waals surface area contributed by atoms with Crippen LogP contribution in [0.5, 0.6) is 0 Å². The number of benzene rings is 2. The Morgan fingerprint density at radius 3 is 2.31 bits per heavy atom. The molecule has 0 spiro atoms. The van der Waals surface area contributed by atoms with Gasteiger partial charge >= 0.3 is 5.97 Å². The minimum absolute atomic E-state index is 0.0816. The smallest absolute Gasteiger partial charge is 0.338 e. The number of Topliss-reactive ketones (excluding diaryl/α,β-unsaturated/α-hetero) is 1. The molecule has 0 aliphatic carbocycles. The molecule has 134 valence electrons. The molecule has 2 aromatic carbocycles. The van der Waals surface area contributed by atoms with Gasteiger partial charge in [0.2, 0.25) is 5.91 Å². The highest BCUT2D eigenvalue weighted by Gasteiger charge is 2.17. The van der Waals surface area contributed by atoms with Crippen molar-refractivity contribution >= 4 is 34.7 Å². The number of hydrogen-bond acceptors (Lipinski definition) is 7. The number of carbonyl (C=O) groups excluding carboxylic acids is 3. The molecule has 0 radical (unpaired) electrons. The van der Waals surface area contributed by atoms with Crippen molar-refractivity contribution in [3.05, 3.63) is 63.7 Å². The molecule has 2 rings (SSSR count). The fourth-order valence-electron chi connectivity index (χ4n) is 2.07. The molecule has 26 heavy (non-hydrogen) atoms. The van der Waals surface area contributed by atoms with Gasteiger partial charge in [-0.05, 0) is 36.4 Å². The lowest BCUT2D eigenvalue weighted by atomic mass is 10.1. The average Bonchev–Trinajstić information content (AvgIpc) is 2.59. The summed E-state index contributed by atoms with van der Waals surface area (Å²) in [6, 6.07) is 9.53. The van der Waals surface area contributed by atoms with Gasteiger partial charge in [-0.3, -0.25) is 19.7 Å². The summed E-state index contributed by atoms with van der Waals surface area (Å²) in [7, 11) is 0. The Morgan fingerprint density at radius 2 is 1.73 bits per heavy atom. The van der Waals surface area contributed by atoms with E-state index in [9.17, 15) is 24.5 Å². The van der Waals surface area contributed by atoms with Crippen LogP contribution in [0.15, 0.2) is 42.5 Å². The second kappa shape index (κ2) is 7.88. The third-order valence-corrected chi connectivity index (χ3v) is 3.32. The van der Waals surface area contributed by atoms with Gasteiger partial charge in [-0.25, -0.2) is 4.79 Å². The van der Waals surface area contributed by atoms with Gasteiger partial charge < -0.3 is 15.8 Å². The first-order chi connectivity index (χ1) is 12.3. The Balaban J connectivity index is 2.00. The topological polar surface area (TPSA) is 142 Å². The minimum Gasteiger partial charge on any atom is -0.454 e. The number of carbonyl (C=O) groups is 3. The summed E-state index contributed by atoms with van der Waals surface area (Å²) in [4.78, 5) is 45.1. The van der Waals surface area contributed by atoms with Gasteiger partial charge in [0.05, 0.1) is 10.5 Å². The molecule has 0 bridgehead atoms. The summed E-state index contributed by atoms with van der Waals surface area (Å²) in [5, 5.41) is 13.4. The summed E-state index contributed by atoms with van der Waals surface area (Å²) in [6.07, 6.45) is 0. The molecule has 0 fully saturated rings. The van der Waals surface area contributed by atoms with E-state index in [1.165, 1.54) is 31.2 Å². The largest absolute Gasteiger partial charge is 0.454 e. The maximum atomic E-state index is 12.1. The molecule has 0 aliphatic rings. The molecule has 0 unspecified atom stereocenters. The number of amides is 1. The fourth-order valence-corrected chi connectivity index (χ4v) is 2.07. The number of nitrogens with two attached hydrogens (primary N) is 1. The van der Waals surface area contributed by atoms with Crippen LogP contribution < -0.4 is 11.1 Å². The van der Waals surface area contributed by atoms with Crippen molar-refractivity contribution in [2.24, 2.45) is 0 Å². The summed E-state index contributed by atoms with van der Waals surface area (Å²) >= 11 is 0. The Kier molecular flexibility index (Phi) is 5.63. The number of nitrogens with one attached hydrogen (secondary N) is 1. The van der Waals surface area contributed by atoms with Crippen LogP contribution in [-0.4, -0.2) is 29.2 Å². The lowest BCUT2D eigenvalue weighted by molar-refractivity contribution is -0.383. The Hall–Kier alpha value is -3.75. The number of esters is 1. The van der Waals surface area contributed by atoms with Crippen LogP contribution in [0.25, 0.3) is 0 Å². The summed E-state index contributed by atoms with van der Waals surface area (Å²) < 4.78 is 4.89. The van der Waals surface area contributed by atoms with E-state index >= 15 is 0 Å². The number of anilines is 2. The number of nitro benzene ring substituents is 1. The van der Waals surface area contributed by atoms with Crippen molar-refractivity contribution in [3.63, 3.8) is 0 Å². The number of ether oxygens (including phenoxy) is 1. The quantitative estimate of drug-likeness (QED) is 0.265. The van der Waals surface area contributed by atoms with Gasteiger partial charge in [0.1, 0.15) is 5.69 Å². The van der Waals surface area contributed by atoms with Crippen LogP contribution in [0.2, 0.25) is 0 Å². The van der Waals surface area contributed by atoms with Crippen LogP contribution in [0.4, 0.5) is 17.1 Å². The number of nitrogens with zero attached hydrogens (tertiary/aromatic N) is 1. The molecule has 9 heteroatoms. The van der Waals surface area contributed by atoms with Crippen LogP contribution in [0, 0.1) is 10.1 Å². The molecule has 9 nitrogen and oxygen atoms in total. The standard InChI is InChI=1S/C17H15N3O6/c1-10(21)19-13-5-2-11(3-6-13)16(22)9-26-17(23)12-4-7-14(18)15(8-12)20(24)25/h2-8H,9,18H2,1H3,(H,19,21). The zero-order valence-corrected chi connectivity index (χ0v) is 13.7. The van der Waals surface area contributed by atoms with Crippen molar-refractivity contribution < 1.29 is 24.0 Å². The maximum absolute atomic E-state index is 12.1. The third-order valence-electron chi connectivity index (χ3n) is 3.32. The lowest BCUT2D eigenvalue weighted by Gasteiger charge is -2.06. The maximum Gasteiger partial charge on any atom is 0.338 e. The van der Waals surface area contributed by atoms with Crippen molar-refractivity contribution in [1.29, 1.82) is 0 Å². The molecule has 0 aromatic heterocycles. The van der Waals surface area contributed by atoms with E-state index < -0.39 is 29.0 Å². The highest BCUT2D eigenvalue weighted by molar-refractivity contribution is 6.00. The van der Waals surface area contributed by atoms with E-state index in [-0.39, 0.29) is 22.7 Å². The molecule has 2 aromatic rings. The first-order valence-electron chi connectivity index (χ1n) is 7.40. The van der Waals surface area contributed by atoms with Gasteiger partial charge in [-0.2, -0.15) is 0 Å². The predicted octanol–water partition coefficient (Wildman–Crippen LogP) is 2.18. The van der Waals surface area contributed by atoms with Crippen molar-refractivity contribution in [1.82, 2.24) is 0 Å². The number of ketones is 1. The van der Waals surface area contributed by atoms with Crippen LogP contribution in [-0.2, 0) is 9.53 Å².